The van der Waals surface area contributed by atoms with Gasteiger partial charge in [-0.05, 0) is 67.3 Å². The van der Waals surface area contributed by atoms with Gasteiger partial charge in [-0.2, -0.15) is 0 Å². The second-order valence-corrected chi connectivity index (χ2v) is 11.5. The van der Waals surface area contributed by atoms with Crippen molar-refractivity contribution in [3.05, 3.63) is 39.8 Å². The van der Waals surface area contributed by atoms with E-state index in [-0.39, 0.29) is 16.7 Å². The molecule has 0 unspecified atom stereocenters. The maximum atomic E-state index is 12.6. The number of benzene rings is 1. The van der Waals surface area contributed by atoms with Crippen molar-refractivity contribution in [2.45, 2.75) is 53.5 Å². The van der Waals surface area contributed by atoms with E-state index in [2.05, 4.69) is 13.8 Å². The lowest BCUT2D eigenvalue weighted by Crippen LogP contribution is -2.58. The van der Waals surface area contributed by atoms with E-state index in [9.17, 15) is 14.7 Å². The number of carboxylic acids is 1. The number of rotatable bonds is 5. The zero-order valence-electron chi connectivity index (χ0n) is 18.9. The predicted molar refractivity (Wildman–Crippen MR) is 124 cm³/mol. The quantitative estimate of drug-likeness (QED) is 0.410. The Morgan fingerprint density at radius 2 is 2.00 bits per heavy atom. The molecule has 166 valence electrons. The van der Waals surface area contributed by atoms with Crippen molar-refractivity contribution in [2.24, 2.45) is 16.7 Å². The van der Waals surface area contributed by atoms with E-state index >= 15 is 0 Å². The Kier molecular flexibility index (Phi) is 5.27. The molecule has 1 saturated heterocycles. The number of aromatic carboxylic acids is 1. The molecule has 7 heteroatoms. The first-order chi connectivity index (χ1) is 14.4. The van der Waals surface area contributed by atoms with E-state index in [0.29, 0.717) is 18.7 Å². The van der Waals surface area contributed by atoms with E-state index in [0.717, 1.165) is 46.5 Å². The molecule has 2 aliphatic rings. The van der Waals surface area contributed by atoms with Crippen LogP contribution in [0.2, 0.25) is 0 Å². The third-order valence-electron chi connectivity index (χ3n) is 6.44. The van der Waals surface area contributed by atoms with Crippen LogP contribution in [0, 0.1) is 10.8 Å². The highest BCUT2D eigenvalue weighted by atomic mass is 32.1. The molecule has 0 spiro atoms. The lowest BCUT2D eigenvalue weighted by molar-refractivity contribution is -0.132. The number of fused-ring (bicyclic) bond motifs is 1. The first-order valence-electron chi connectivity index (χ1n) is 10.7. The predicted octanol–water partition coefficient (Wildman–Crippen LogP) is 4.31. The molecule has 0 atom stereocenters. The van der Waals surface area contributed by atoms with Gasteiger partial charge >= 0.3 is 5.97 Å². The van der Waals surface area contributed by atoms with Crippen LogP contribution in [0.5, 0.6) is 0 Å². The number of aryl methyl sites for hydroxylation is 1. The molecule has 4 rings (SSSR count). The van der Waals surface area contributed by atoms with Gasteiger partial charge in [0.25, 0.3) is 0 Å². The molecule has 1 aromatic heterocycles. The smallest absolute Gasteiger partial charge is 0.337 e. The van der Waals surface area contributed by atoms with Gasteiger partial charge in [-0.25, -0.2) is 9.80 Å². The third kappa shape index (κ3) is 3.90. The van der Waals surface area contributed by atoms with Crippen molar-refractivity contribution >= 4 is 28.9 Å². The zero-order valence-corrected chi connectivity index (χ0v) is 19.7. The van der Waals surface area contributed by atoms with Crippen LogP contribution in [0.3, 0.4) is 0 Å². The molecule has 0 bridgehead atoms. The standard InChI is InChI=1S/C24H31N3O3S/c1-23(2)9-8-18-17(11-23)19(21(28)29)20(31-18)16-10-15(7-6-14(16)12-26(5)25)27-13-24(3,4)22(27)30/h6-7,10H,8-9,11-13,25H2,1-5H3,(H,28,29). The summed E-state index contributed by atoms with van der Waals surface area (Å²) in [5.74, 6) is 5.16. The van der Waals surface area contributed by atoms with Crippen molar-refractivity contribution in [3.63, 3.8) is 0 Å². The van der Waals surface area contributed by atoms with Gasteiger partial charge in [0.15, 0.2) is 0 Å². The van der Waals surface area contributed by atoms with Crippen LogP contribution in [0.1, 0.15) is 60.5 Å². The minimum absolute atomic E-state index is 0.0906. The average molecular weight is 442 g/mol. The summed E-state index contributed by atoms with van der Waals surface area (Å²) in [5.41, 5.74) is 3.77. The number of β-lactam (4-membered cyclic amide) rings is 1. The van der Waals surface area contributed by atoms with Crippen LogP contribution >= 0.6 is 11.3 Å². The molecule has 0 saturated carbocycles. The van der Waals surface area contributed by atoms with Crippen molar-refractivity contribution in [2.75, 3.05) is 18.5 Å². The van der Waals surface area contributed by atoms with Crippen molar-refractivity contribution < 1.29 is 14.7 Å². The van der Waals surface area contributed by atoms with E-state index in [4.69, 9.17) is 5.84 Å². The Balaban J connectivity index is 1.86. The van der Waals surface area contributed by atoms with Crippen molar-refractivity contribution in [1.29, 1.82) is 0 Å². The minimum atomic E-state index is -0.885. The molecular formula is C24H31N3O3S. The largest absolute Gasteiger partial charge is 0.478 e. The monoisotopic (exact) mass is 441 g/mol. The van der Waals surface area contributed by atoms with Gasteiger partial charge < -0.3 is 10.0 Å². The number of thiophene rings is 1. The topological polar surface area (TPSA) is 86.9 Å². The highest BCUT2D eigenvalue weighted by Crippen LogP contribution is 2.47. The zero-order chi connectivity index (χ0) is 22.7. The summed E-state index contributed by atoms with van der Waals surface area (Å²) in [5, 5.41) is 11.8. The molecule has 1 fully saturated rings. The summed E-state index contributed by atoms with van der Waals surface area (Å²) >= 11 is 1.59. The summed E-state index contributed by atoms with van der Waals surface area (Å²) < 4.78 is 0. The van der Waals surface area contributed by atoms with Crippen LogP contribution in [0.15, 0.2) is 18.2 Å². The number of nitrogens with zero attached hydrogens (tertiary/aromatic N) is 2. The Morgan fingerprint density at radius 3 is 2.58 bits per heavy atom. The molecule has 6 nitrogen and oxygen atoms in total. The van der Waals surface area contributed by atoms with Crippen LogP contribution < -0.4 is 10.7 Å². The highest BCUT2D eigenvalue weighted by Gasteiger charge is 2.45. The molecule has 3 N–H and O–H groups in total. The number of anilines is 1. The van der Waals surface area contributed by atoms with Crippen molar-refractivity contribution in [3.8, 4) is 10.4 Å². The van der Waals surface area contributed by atoms with E-state index < -0.39 is 5.97 Å². The van der Waals surface area contributed by atoms with Gasteiger partial charge in [-0.1, -0.05) is 19.9 Å². The fourth-order valence-corrected chi connectivity index (χ4v) is 6.06. The number of hydrogen-bond donors (Lipinski definition) is 2. The Bertz CT molecular complexity index is 1070. The summed E-state index contributed by atoms with van der Waals surface area (Å²) in [6.45, 7) is 9.44. The molecule has 1 aliphatic carbocycles. The number of carboxylic acid groups (broad SMARTS) is 1. The average Bonchev–Trinajstić information content (AvgIpc) is 3.03. The second kappa shape index (κ2) is 7.43. The number of carbonyl (C=O) groups is 2. The van der Waals surface area contributed by atoms with E-state index in [1.807, 2.05) is 32.0 Å². The van der Waals surface area contributed by atoms with Crippen LogP contribution in [-0.2, 0) is 24.2 Å². The van der Waals surface area contributed by atoms with Crippen LogP contribution in [0.4, 0.5) is 5.69 Å². The maximum Gasteiger partial charge on any atom is 0.337 e. The lowest BCUT2D eigenvalue weighted by Gasteiger charge is -2.44. The molecule has 2 aromatic rings. The Hall–Kier alpha value is -2.22. The van der Waals surface area contributed by atoms with E-state index in [1.54, 1.807) is 28.3 Å². The Labute approximate surface area is 187 Å². The molecule has 31 heavy (non-hydrogen) atoms. The lowest BCUT2D eigenvalue weighted by atomic mass is 9.76. The molecule has 1 aliphatic heterocycles. The summed E-state index contributed by atoms with van der Waals surface area (Å²) in [6, 6.07) is 5.88. The van der Waals surface area contributed by atoms with Crippen LogP contribution in [0.25, 0.3) is 10.4 Å². The minimum Gasteiger partial charge on any atom is -0.478 e. The normalized spacial score (nSPS) is 19.3. The summed E-state index contributed by atoms with van der Waals surface area (Å²) in [7, 11) is 1.79. The first kappa shape index (κ1) is 22.0. The highest BCUT2D eigenvalue weighted by molar-refractivity contribution is 7.16. The molecule has 1 amide bonds. The second-order valence-electron chi connectivity index (χ2n) is 10.4. The summed E-state index contributed by atoms with van der Waals surface area (Å²) in [4.78, 5) is 28.7. The summed E-state index contributed by atoms with van der Waals surface area (Å²) in [6.07, 6.45) is 2.72. The molecule has 2 heterocycles. The molecule has 1 aromatic carbocycles. The molecular weight excluding hydrogens is 410 g/mol. The van der Waals surface area contributed by atoms with Gasteiger partial charge in [-0.3, -0.25) is 10.6 Å². The number of hydrazine groups is 1. The SMILES string of the molecule is CN(N)Cc1ccc(N2CC(C)(C)C2=O)cc1-c1sc2c(c1C(=O)O)CC(C)(C)CC2. The number of hydrogen-bond acceptors (Lipinski definition) is 5. The number of amides is 1. The first-order valence-corrected chi connectivity index (χ1v) is 11.5. The van der Waals surface area contributed by atoms with Crippen LogP contribution in [-0.4, -0.2) is 35.6 Å². The Morgan fingerprint density at radius 1 is 1.29 bits per heavy atom. The maximum absolute atomic E-state index is 12.6. The fraction of sp³-hybridized carbons (Fsp3) is 0.500. The van der Waals surface area contributed by atoms with Crippen molar-refractivity contribution in [1.82, 2.24) is 5.01 Å². The van der Waals surface area contributed by atoms with Gasteiger partial charge in [0.05, 0.1) is 11.0 Å². The van der Waals surface area contributed by atoms with Gasteiger partial charge in [0, 0.05) is 35.6 Å². The van der Waals surface area contributed by atoms with Gasteiger partial charge in [0.1, 0.15) is 0 Å². The fourth-order valence-electron chi connectivity index (χ4n) is 4.70. The van der Waals surface area contributed by atoms with Gasteiger partial charge in [0.2, 0.25) is 5.91 Å². The van der Waals surface area contributed by atoms with E-state index in [1.165, 1.54) is 4.88 Å². The molecule has 0 radical (unpaired) electrons. The van der Waals surface area contributed by atoms with Gasteiger partial charge in [-0.15, -0.1) is 11.3 Å². The number of carbonyl (C=O) groups excluding carboxylic acids is 1. The number of nitrogens with two attached hydrogens (primary N) is 1. The third-order valence-corrected chi connectivity index (χ3v) is 7.76.